The number of benzene rings is 3. The average molecular weight is 695 g/mol. The summed E-state index contributed by atoms with van der Waals surface area (Å²) in [6, 6.07) is 14.9. The summed E-state index contributed by atoms with van der Waals surface area (Å²) >= 11 is 19.1. The molecule has 3 aromatic carbocycles. The summed E-state index contributed by atoms with van der Waals surface area (Å²) in [5, 5.41) is 4.06. The molecule has 1 aliphatic carbocycles. The fraction of sp³-hybridized carbons (Fsp3) is 0.394. The van der Waals surface area contributed by atoms with Crippen LogP contribution < -0.4 is 14.4 Å². The summed E-state index contributed by atoms with van der Waals surface area (Å²) in [6.07, 6.45) is 5.24. The molecule has 2 amide bonds. The van der Waals surface area contributed by atoms with E-state index in [9.17, 15) is 18.0 Å². The fourth-order valence-electron chi connectivity index (χ4n) is 5.47. The highest BCUT2D eigenvalue weighted by Gasteiger charge is 2.35. The molecule has 0 spiro atoms. The standard InChI is InChI=1S/C33H38Cl3N3O5S/c1-4-30(33(41)37-25-8-6-5-7-9-25)38(20-23-12-13-24(34)18-28(23)35)32(40)21-39(26-14-17-31(44-3)29(36)19-26)45(42,43)27-15-10-22(2)11-16-27/h10-19,25,30H,4-9,20-21H2,1-3H3,(H,37,41)/t30-/m1/s1. The third kappa shape index (κ3) is 8.64. The molecule has 0 saturated heterocycles. The van der Waals surface area contributed by atoms with Crippen LogP contribution in [0.4, 0.5) is 5.69 Å². The monoisotopic (exact) mass is 693 g/mol. The van der Waals surface area contributed by atoms with E-state index in [1.54, 1.807) is 30.3 Å². The molecule has 0 radical (unpaired) electrons. The molecular weight excluding hydrogens is 657 g/mol. The Morgan fingerprint density at radius 2 is 1.64 bits per heavy atom. The molecule has 45 heavy (non-hydrogen) atoms. The first-order valence-corrected chi connectivity index (χ1v) is 17.5. The minimum atomic E-state index is -4.26. The van der Waals surface area contributed by atoms with Gasteiger partial charge in [-0.05, 0) is 74.2 Å². The Balaban J connectivity index is 1.75. The van der Waals surface area contributed by atoms with Gasteiger partial charge in [-0.3, -0.25) is 13.9 Å². The molecule has 3 aromatic rings. The van der Waals surface area contributed by atoms with Crippen molar-refractivity contribution in [3.8, 4) is 5.75 Å². The quantitative estimate of drug-likeness (QED) is 0.213. The minimum Gasteiger partial charge on any atom is -0.495 e. The van der Waals surface area contributed by atoms with E-state index in [0.29, 0.717) is 27.8 Å². The highest BCUT2D eigenvalue weighted by molar-refractivity contribution is 7.92. The van der Waals surface area contributed by atoms with E-state index in [0.717, 1.165) is 42.0 Å². The van der Waals surface area contributed by atoms with Crippen LogP contribution in [0.1, 0.15) is 56.6 Å². The lowest BCUT2D eigenvalue weighted by Gasteiger charge is -2.34. The van der Waals surface area contributed by atoms with Crippen molar-refractivity contribution in [2.24, 2.45) is 0 Å². The number of aryl methyl sites for hydroxylation is 1. The van der Waals surface area contributed by atoms with E-state index in [1.165, 1.54) is 42.3 Å². The number of ether oxygens (including phenoxy) is 1. The van der Waals surface area contributed by atoms with Gasteiger partial charge in [0.05, 0.1) is 22.7 Å². The highest BCUT2D eigenvalue weighted by atomic mass is 35.5. The lowest BCUT2D eigenvalue weighted by Crippen LogP contribution is -2.54. The van der Waals surface area contributed by atoms with Crippen LogP contribution in [0.15, 0.2) is 65.6 Å². The summed E-state index contributed by atoms with van der Waals surface area (Å²) in [4.78, 5) is 29.5. The number of nitrogens with one attached hydrogen (secondary N) is 1. The Bertz CT molecular complexity index is 1610. The Morgan fingerprint density at radius 1 is 0.956 bits per heavy atom. The molecule has 0 heterocycles. The van der Waals surface area contributed by atoms with Crippen LogP contribution in [0.25, 0.3) is 0 Å². The molecule has 0 bridgehead atoms. The Hall–Kier alpha value is -2.98. The molecule has 1 fully saturated rings. The van der Waals surface area contributed by atoms with Crippen molar-refractivity contribution >= 4 is 62.3 Å². The van der Waals surface area contributed by atoms with Crippen LogP contribution in [-0.4, -0.2) is 50.9 Å². The summed E-state index contributed by atoms with van der Waals surface area (Å²) in [6.45, 7) is 3.04. The van der Waals surface area contributed by atoms with Crippen molar-refractivity contribution in [2.45, 2.75) is 75.9 Å². The molecule has 1 saturated carbocycles. The van der Waals surface area contributed by atoms with Crippen LogP contribution >= 0.6 is 34.8 Å². The molecule has 12 heteroatoms. The first kappa shape index (κ1) is 34.9. The molecule has 0 aliphatic heterocycles. The summed E-state index contributed by atoms with van der Waals surface area (Å²) < 4.78 is 34.5. The van der Waals surface area contributed by atoms with Crippen molar-refractivity contribution in [2.75, 3.05) is 18.0 Å². The predicted molar refractivity (Wildman–Crippen MR) is 180 cm³/mol. The summed E-state index contributed by atoms with van der Waals surface area (Å²) in [7, 11) is -2.80. The van der Waals surface area contributed by atoms with Crippen molar-refractivity contribution in [1.29, 1.82) is 0 Å². The van der Waals surface area contributed by atoms with E-state index in [4.69, 9.17) is 39.5 Å². The molecule has 4 rings (SSSR count). The number of anilines is 1. The van der Waals surface area contributed by atoms with Crippen LogP contribution in [0.3, 0.4) is 0 Å². The van der Waals surface area contributed by atoms with Crippen molar-refractivity contribution < 1.29 is 22.7 Å². The normalized spacial score (nSPS) is 14.4. The Morgan fingerprint density at radius 3 is 2.24 bits per heavy atom. The second-order valence-corrected chi connectivity index (χ2v) is 14.3. The highest BCUT2D eigenvalue weighted by Crippen LogP contribution is 2.33. The first-order chi connectivity index (χ1) is 21.4. The topological polar surface area (TPSA) is 96.0 Å². The maximum absolute atomic E-state index is 14.4. The van der Waals surface area contributed by atoms with Crippen molar-refractivity contribution in [3.05, 3.63) is 86.9 Å². The molecule has 0 unspecified atom stereocenters. The van der Waals surface area contributed by atoms with E-state index in [-0.39, 0.29) is 34.1 Å². The number of hydrogen-bond acceptors (Lipinski definition) is 5. The fourth-order valence-corrected chi connectivity index (χ4v) is 7.60. The van der Waals surface area contributed by atoms with Gasteiger partial charge in [0, 0.05) is 22.6 Å². The zero-order valence-electron chi connectivity index (χ0n) is 25.6. The number of rotatable bonds is 12. The van der Waals surface area contributed by atoms with Crippen LogP contribution in [0, 0.1) is 6.92 Å². The predicted octanol–water partition coefficient (Wildman–Crippen LogP) is 7.42. The molecule has 1 N–H and O–H groups in total. The number of hydrogen-bond donors (Lipinski definition) is 1. The third-order valence-corrected chi connectivity index (χ3v) is 10.7. The van der Waals surface area contributed by atoms with E-state index in [2.05, 4.69) is 5.32 Å². The van der Waals surface area contributed by atoms with Gasteiger partial charge in [-0.15, -0.1) is 0 Å². The van der Waals surface area contributed by atoms with Gasteiger partial charge in [0.2, 0.25) is 11.8 Å². The van der Waals surface area contributed by atoms with Crippen molar-refractivity contribution in [3.63, 3.8) is 0 Å². The number of methoxy groups -OCH3 is 1. The first-order valence-electron chi connectivity index (χ1n) is 14.9. The van der Waals surface area contributed by atoms with Gasteiger partial charge < -0.3 is 15.0 Å². The molecule has 1 atom stereocenters. The zero-order valence-corrected chi connectivity index (χ0v) is 28.6. The van der Waals surface area contributed by atoms with E-state index < -0.39 is 28.5 Å². The second-order valence-electron chi connectivity index (χ2n) is 11.2. The summed E-state index contributed by atoms with van der Waals surface area (Å²) in [5.74, 6) is -0.526. The van der Waals surface area contributed by atoms with Gasteiger partial charge in [-0.1, -0.05) is 84.8 Å². The Labute approximate surface area is 280 Å². The number of nitrogens with zero attached hydrogens (tertiary/aromatic N) is 2. The largest absolute Gasteiger partial charge is 0.495 e. The summed E-state index contributed by atoms with van der Waals surface area (Å²) in [5.41, 5.74) is 1.61. The average Bonchev–Trinajstić information content (AvgIpc) is 3.01. The maximum Gasteiger partial charge on any atom is 0.264 e. The van der Waals surface area contributed by atoms with Gasteiger partial charge in [-0.25, -0.2) is 8.42 Å². The van der Waals surface area contributed by atoms with Gasteiger partial charge >= 0.3 is 0 Å². The van der Waals surface area contributed by atoms with Gasteiger partial charge in [-0.2, -0.15) is 0 Å². The lowest BCUT2D eigenvalue weighted by molar-refractivity contribution is -0.140. The number of sulfonamides is 1. The molecule has 242 valence electrons. The molecule has 1 aliphatic rings. The van der Waals surface area contributed by atoms with Crippen LogP contribution in [0.2, 0.25) is 15.1 Å². The maximum atomic E-state index is 14.4. The lowest BCUT2D eigenvalue weighted by atomic mass is 9.95. The SMILES string of the molecule is CC[C@H](C(=O)NC1CCCCC1)N(Cc1ccc(Cl)cc1Cl)C(=O)CN(c1ccc(OC)c(Cl)c1)S(=O)(=O)c1ccc(C)cc1. The van der Waals surface area contributed by atoms with Crippen LogP contribution in [-0.2, 0) is 26.2 Å². The minimum absolute atomic E-state index is 0.00205. The number of carbonyl (C=O) groups excluding carboxylic acids is 2. The number of halogens is 3. The molecule has 0 aromatic heterocycles. The van der Waals surface area contributed by atoms with Crippen LogP contribution in [0.5, 0.6) is 5.75 Å². The molecule has 8 nitrogen and oxygen atoms in total. The van der Waals surface area contributed by atoms with Gasteiger partial charge in [0.1, 0.15) is 18.3 Å². The Kier molecular flexibility index (Phi) is 12.0. The van der Waals surface area contributed by atoms with E-state index >= 15 is 0 Å². The zero-order chi connectivity index (χ0) is 32.7. The van der Waals surface area contributed by atoms with Gasteiger partial charge in [0.15, 0.2) is 0 Å². The van der Waals surface area contributed by atoms with Crippen molar-refractivity contribution in [1.82, 2.24) is 10.2 Å². The van der Waals surface area contributed by atoms with Gasteiger partial charge in [0.25, 0.3) is 10.0 Å². The third-order valence-electron chi connectivity index (χ3n) is 8.00. The molecular formula is C33H38Cl3N3O5S. The van der Waals surface area contributed by atoms with E-state index in [1.807, 2.05) is 13.8 Å². The second kappa shape index (κ2) is 15.5. The number of amides is 2. The smallest absolute Gasteiger partial charge is 0.264 e. The number of carbonyl (C=O) groups is 2.